The number of carbonyl (C=O) groups is 8. The Bertz CT molecular complexity index is 1380. The van der Waals surface area contributed by atoms with Crippen molar-refractivity contribution in [3.8, 4) is 0 Å². The summed E-state index contributed by atoms with van der Waals surface area (Å²) in [5.41, 5.74) is 0.863. The van der Waals surface area contributed by atoms with E-state index >= 15 is 0 Å². The van der Waals surface area contributed by atoms with Crippen LogP contribution in [0, 0.1) is 0 Å². The summed E-state index contributed by atoms with van der Waals surface area (Å²) < 4.78 is 11.0. The Morgan fingerprint density at radius 1 is 0.923 bits per heavy atom. The van der Waals surface area contributed by atoms with Gasteiger partial charge in [0, 0.05) is 44.8 Å². The van der Waals surface area contributed by atoms with Gasteiger partial charge in [0.25, 0.3) is 11.8 Å². The summed E-state index contributed by atoms with van der Waals surface area (Å²) in [6, 6.07) is 6.54. The molecule has 1 aromatic rings. The van der Waals surface area contributed by atoms with E-state index in [1.54, 1.807) is 0 Å². The monoisotopic (exact) mass is 748 g/mol. The molecule has 4 N–H and O–H groups in total. The summed E-state index contributed by atoms with van der Waals surface area (Å²) in [5, 5.41) is 11.2. The van der Waals surface area contributed by atoms with E-state index in [1.807, 2.05) is 43.5 Å². The SMILES string of the molecule is CSCC[C@H](NC=O)C(=O)N[C@H]1CC(C)N([C@@H](Cc2ccccc2)C(=O)NCCOCCOCCNC(=O)CCC(=O)ON2C(=O)CCC2=O)C1=O. The van der Waals surface area contributed by atoms with Crippen molar-refractivity contribution >= 4 is 59.6 Å². The first kappa shape index (κ1) is 41.9. The number of ether oxygens (including phenoxy) is 2. The molecule has 3 rings (SSSR count). The number of imide groups is 1. The van der Waals surface area contributed by atoms with Crippen LogP contribution < -0.4 is 21.3 Å². The summed E-state index contributed by atoms with van der Waals surface area (Å²) >= 11 is 1.54. The van der Waals surface area contributed by atoms with E-state index in [9.17, 15) is 38.4 Å². The molecule has 0 bridgehead atoms. The quantitative estimate of drug-likeness (QED) is 0.0582. The van der Waals surface area contributed by atoms with E-state index < -0.39 is 47.7 Å². The molecular weight excluding hydrogens is 700 g/mol. The molecule has 4 atom stereocenters. The number of rotatable bonds is 24. The second-order valence-corrected chi connectivity index (χ2v) is 13.1. The Balaban J connectivity index is 1.36. The molecule has 2 heterocycles. The van der Waals surface area contributed by atoms with E-state index in [2.05, 4.69) is 21.3 Å². The van der Waals surface area contributed by atoms with Gasteiger partial charge in [-0.3, -0.25) is 33.6 Å². The number of thioether (sulfide) groups is 1. The fourth-order valence-electron chi connectivity index (χ4n) is 5.63. The summed E-state index contributed by atoms with van der Waals surface area (Å²) in [5.74, 6) is -3.00. The summed E-state index contributed by atoms with van der Waals surface area (Å²) in [6.07, 6.45) is 2.84. The predicted octanol–water partition coefficient (Wildman–Crippen LogP) is -0.776. The smallest absolute Gasteiger partial charge is 0.333 e. The van der Waals surface area contributed by atoms with Crippen LogP contribution >= 0.6 is 11.8 Å². The summed E-state index contributed by atoms with van der Waals surface area (Å²) in [4.78, 5) is 104. The van der Waals surface area contributed by atoms with Gasteiger partial charge in [-0.05, 0) is 37.3 Å². The van der Waals surface area contributed by atoms with Gasteiger partial charge < -0.3 is 40.5 Å². The Morgan fingerprint density at radius 2 is 1.58 bits per heavy atom. The predicted molar refractivity (Wildman–Crippen MR) is 187 cm³/mol. The molecule has 1 aromatic carbocycles. The first-order chi connectivity index (χ1) is 25.0. The van der Waals surface area contributed by atoms with Crippen molar-refractivity contribution in [3.63, 3.8) is 0 Å². The van der Waals surface area contributed by atoms with E-state index in [4.69, 9.17) is 14.3 Å². The fourth-order valence-corrected chi connectivity index (χ4v) is 6.10. The van der Waals surface area contributed by atoms with E-state index in [1.165, 1.54) is 16.7 Å². The fraction of sp³-hybridized carbons (Fsp3) is 0.588. The summed E-state index contributed by atoms with van der Waals surface area (Å²) in [6.45, 7) is 2.99. The van der Waals surface area contributed by atoms with Crippen LogP contribution in [-0.4, -0.2) is 133 Å². The molecule has 0 radical (unpaired) electrons. The zero-order valence-corrected chi connectivity index (χ0v) is 30.3. The average Bonchev–Trinajstić information content (AvgIpc) is 3.59. The maximum atomic E-state index is 13.6. The standard InChI is InChI=1S/C34H48N6O11S/c1-23-20-26(38-32(46)25(37-22-41)12-19-52-2)34(48)39(23)27(21-24-6-4-3-5-7-24)33(47)36-14-16-50-18-17-49-15-13-35-28(42)8-11-31(45)51-40-29(43)9-10-30(40)44/h3-7,22-23,25-27H,8-21H2,1-2H3,(H,35,42)(H,36,47)(H,37,41)(H,38,46)/t23?,25-,26-,27-/m0/s1. The number of carbonyl (C=O) groups excluding carboxylic acids is 8. The molecule has 2 aliphatic heterocycles. The molecule has 2 aliphatic rings. The second kappa shape index (κ2) is 22.4. The third-order valence-electron chi connectivity index (χ3n) is 8.27. The molecule has 1 unspecified atom stereocenters. The lowest BCUT2D eigenvalue weighted by molar-refractivity contribution is -0.197. The van der Waals surface area contributed by atoms with Crippen LogP contribution in [0.4, 0.5) is 0 Å². The van der Waals surface area contributed by atoms with Crippen molar-refractivity contribution in [2.24, 2.45) is 0 Å². The highest BCUT2D eigenvalue weighted by Gasteiger charge is 2.44. The Kier molecular flexibility index (Phi) is 18.0. The number of hydroxylamine groups is 2. The average molecular weight is 749 g/mol. The minimum atomic E-state index is -0.857. The lowest BCUT2D eigenvalue weighted by atomic mass is 10.0. The first-order valence-corrected chi connectivity index (χ1v) is 18.6. The lowest BCUT2D eigenvalue weighted by Gasteiger charge is -2.31. The van der Waals surface area contributed by atoms with Crippen molar-refractivity contribution in [2.45, 2.75) is 76.0 Å². The van der Waals surface area contributed by atoms with Gasteiger partial charge in [0.1, 0.15) is 18.1 Å². The van der Waals surface area contributed by atoms with Gasteiger partial charge in [-0.15, -0.1) is 5.06 Å². The topological polar surface area (TPSA) is 219 Å². The van der Waals surface area contributed by atoms with Crippen molar-refractivity contribution < 1.29 is 52.7 Å². The zero-order valence-electron chi connectivity index (χ0n) is 29.5. The van der Waals surface area contributed by atoms with Crippen LogP contribution in [0.2, 0.25) is 0 Å². The van der Waals surface area contributed by atoms with Crippen LogP contribution in [0.15, 0.2) is 30.3 Å². The number of benzene rings is 1. The lowest BCUT2D eigenvalue weighted by Crippen LogP contribution is -2.54. The third kappa shape index (κ3) is 13.5. The molecule has 286 valence electrons. The largest absolute Gasteiger partial charge is 0.377 e. The first-order valence-electron chi connectivity index (χ1n) is 17.2. The van der Waals surface area contributed by atoms with Gasteiger partial charge in [0.2, 0.25) is 30.0 Å². The number of nitrogens with one attached hydrogen (secondary N) is 4. The van der Waals surface area contributed by atoms with Gasteiger partial charge in [-0.25, -0.2) is 4.79 Å². The minimum Gasteiger partial charge on any atom is -0.377 e. The highest BCUT2D eigenvalue weighted by atomic mass is 32.2. The van der Waals surface area contributed by atoms with E-state index in [0.29, 0.717) is 30.1 Å². The maximum Gasteiger partial charge on any atom is 0.333 e. The summed E-state index contributed by atoms with van der Waals surface area (Å²) in [7, 11) is 0. The highest BCUT2D eigenvalue weighted by Crippen LogP contribution is 2.24. The van der Waals surface area contributed by atoms with Crippen molar-refractivity contribution in [3.05, 3.63) is 35.9 Å². The number of amides is 7. The van der Waals surface area contributed by atoms with Crippen LogP contribution in [-0.2, 0) is 59.1 Å². The molecule has 52 heavy (non-hydrogen) atoms. The van der Waals surface area contributed by atoms with Crippen LogP contribution in [0.5, 0.6) is 0 Å². The Labute approximate surface area is 306 Å². The number of nitrogens with zero attached hydrogens (tertiary/aromatic N) is 2. The van der Waals surface area contributed by atoms with Crippen molar-refractivity contribution in [1.29, 1.82) is 0 Å². The molecular formula is C34H48N6O11S. The van der Waals surface area contributed by atoms with Crippen molar-refractivity contribution in [2.75, 3.05) is 51.5 Å². The number of hydrogen-bond acceptors (Lipinski definition) is 12. The molecule has 7 amide bonds. The van der Waals surface area contributed by atoms with E-state index in [0.717, 1.165) is 5.56 Å². The molecule has 0 aromatic heterocycles. The van der Waals surface area contributed by atoms with Gasteiger partial charge in [-0.2, -0.15) is 11.8 Å². The third-order valence-corrected chi connectivity index (χ3v) is 8.91. The number of hydrogen-bond donors (Lipinski definition) is 4. The Morgan fingerprint density at radius 3 is 2.21 bits per heavy atom. The highest BCUT2D eigenvalue weighted by molar-refractivity contribution is 7.98. The van der Waals surface area contributed by atoms with Gasteiger partial charge in [-0.1, -0.05) is 30.3 Å². The normalized spacial score (nSPS) is 18.2. The van der Waals surface area contributed by atoms with Gasteiger partial charge in [0.05, 0.1) is 32.8 Å². The van der Waals surface area contributed by atoms with Crippen LogP contribution in [0.25, 0.3) is 0 Å². The van der Waals surface area contributed by atoms with Gasteiger partial charge >= 0.3 is 5.97 Å². The minimum absolute atomic E-state index is 0.0139. The molecule has 18 heteroatoms. The molecule has 0 spiro atoms. The second-order valence-electron chi connectivity index (χ2n) is 12.1. The van der Waals surface area contributed by atoms with Crippen molar-refractivity contribution in [1.82, 2.24) is 31.2 Å². The van der Waals surface area contributed by atoms with Gasteiger partial charge in [0.15, 0.2) is 0 Å². The zero-order chi connectivity index (χ0) is 37.9. The van der Waals surface area contributed by atoms with E-state index in [-0.39, 0.29) is 89.5 Å². The molecule has 0 aliphatic carbocycles. The Hall–Kier alpha value is -4.55. The molecule has 2 saturated heterocycles. The maximum absolute atomic E-state index is 13.6. The van der Waals surface area contributed by atoms with Crippen LogP contribution in [0.3, 0.4) is 0 Å². The molecule has 2 fully saturated rings. The molecule has 17 nitrogen and oxygen atoms in total. The number of likely N-dealkylation sites (tertiary alicyclic amines) is 1. The molecule has 0 saturated carbocycles. The van der Waals surface area contributed by atoms with Crippen LogP contribution in [0.1, 0.15) is 51.0 Å².